The molecule has 4 rings (SSSR count). The minimum Gasteiger partial charge on any atom is -0.0625 e. The summed E-state index contributed by atoms with van der Waals surface area (Å²) >= 11 is 0. The molecule has 0 N–H and O–H groups in total. The van der Waals surface area contributed by atoms with Crippen molar-refractivity contribution < 1.29 is 0 Å². The van der Waals surface area contributed by atoms with E-state index in [0.29, 0.717) is 0 Å². The van der Waals surface area contributed by atoms with Crippen LogP contribution < -0.4 is 0 Å². The van der Waals surface area contributed by atoms with Gasteiger partial charge in [0, 0.05) is 0 Å². The summed E-state index contributed by atoms with van der Waals surface area (Å²) in [5.74, 6) is 4.13. The molecule has 0 nitrogen and oxygen atoms in total. The first-order valence-corrected chi connectivity index (χ1v) is 11.8. The summed E-state index contributed by atoms with van der Waals surface area (Å²) in [6.45, 7) is 4.59. The SMILES string of the molecule is CC1CCC(C2CCCCC2)CC1.Cc1ccc(C2CCCCC2)cc1. The zero-order valence-corrected chi connectivity index (χ0v) is 17.5. The second kappa shape index (κ2) is 10.5. The van der Waals surface area contributed by atoms with E-state index in [9.17, 15) is 0 Å². The smallest absolute Gasteiger partial charge is 0.0162 e. The Labute approximate surface area is 163 Å². The number of aryl methyl sites for hydroxylation is 1. The lowest BCUT2D eigenvalue weighted by Gasteiger charge is -2.34. The van der Waals surface area contributed by atoms with Crippen molar-refractivity contribution in [1.82, 2.24) is 0 Å². The van der Waals surface area contributed by atoms with Crippen LogP contribution in [0.1, 0.15) is 114 Å². The lowest BCUT2D eigenvalue weighted by molar-refractivity contribution is 0.173. The van der Waals surface area contributed by atoms with Gasteiger partial charge in [-0.15, -0.1) is 0 Å². The van der Waals surface area contributed by atoms with Crippen molar-refractivity contribution in [2.24, 2.45) is 17.8 Å². The molecule has 0 unspecified atom stereocenters. The van der Waals surface area contributed by atoms with E-state index >= 15 is 0 Å². The Kier molecular flexibility index (Phi) is 8.08. The highest BCUT2D eigenvalue weighted by molar-refractivity contribution is 5.24. The second-order valence-corrected chi connectivity index (χ2v) is 9.66. The van der Waals surface area contributed by atoms with Crippen LogP contribution in [0.2, 0.25) is 0 Å². The molecule has 0 saturated heterocycles. The van der Waals surface area contributed by atoms with Crippen molar-refractivity contribution in [3.63, 3.8) is 0 Å². The van der Waals surface area contributed by atoms with Gasteiger partial charge in [-0.1, -0.05) is 101 Å². The molecule has 0 amide bonds. The van der Waals surface area contributed by atoms with Gasteiger partial charge in [-0.2, -0.15) is 0 Å². The van der Waals surface area contributed by atoms with Gasteiger partial charge in [0.05, 0.1) is 0 Å². The lowest BCUT2D eigenvalue weighted by atomic mass is 9.71. The molecule has 0 radical (unpaired) electrons. The molecule has 0 atom stereocenters. The topological polar surface area (TPSA) is 0 Å². The molecular weight excluding hydrogens is 312 g/mol. The molecule has 0 aliphatic heterocycles. The van der Waals surface area contributed by atoms with Crippen molar-refractivity contribution in [3.8, 4) is 0 Å². The van der Waals surface area contributed by atoms with Crippen LogP contribution >= 0.6 is 0 Å². The van der Waals surface area contributed by atoms with Crippen LogP contribution in [0.4, 0.5) is 0 Å². The van der Waals surface area contributed by atoms with Crippen LogP contribution in [0.5, 0.6) is 0 Å². The van der Waals surface area contributed by atoms with Gasteiger partial charge in [-0.3, -0.25) is 0 Å². The maximum absolute atomic E-state index is 2.43. The Morgan fingerprint density at radius 1 is 0.577 bits per heavy atom. The van der Waals surface area contributed by atoms with Gasteiger partial charge in [-0.25, -0.2) is 0 Å². The van der Waals surface area contributed by atoms with E-state index in [1.54, 1.807) is 31.2 Å². The van der Waals surface area contributed by atoms with Gasteiger partial charge in [0.1, 0.15) is 0 Å². The molecule has 3 fully saturated rings. The molecule has 26 heavy (non-hydrogen) atoms. The Balaban J connectivity index is 0.000000151. The first kappa shape index (κ1) is 20.0. The van der Waals surface area contributed by atoms with E-state index in [-0.39, 0.29) is 0 Å². The summed E-state index contributed by atoms with van der Waals surface area (Å²) in [6.07, 6.45) is 20.9. The van der Waals surface area contributed by atoms with Gasteiger partial charge in [0.15, 0.2) is 0 Å². The first-order valence-electron chi connectivity index (χ1n) is 11.8. The second-order valence-electron chi connectivity index (χ2n) is 9.66. The molecule has 146 valence electrons. The highest BCUT2D eigenvalue weighted by Crippen LogP contribution is 2.39. The fourth-order valence-electron chi connectivity index (χ4n) is 5.64. The van der Waals surface area contributed by atoms with Crippen molar-refractivity contribution in [1.29, 1.82) is 0 Å². The predicted octanol–water partition coefficient (Wildman–Crippen LogP) is 8.44. The van der Waals surface area contributed by atoms with Crippen LogP contribution in [0.15, 0.2) is 24.3 Å². The molecule has 3 saturated carbocycles. The zero-order valence-electron chi connectivity index (χ0n) is 17.5. The molecule has 0 heterocycles. The van der Waals surface area contributed by atoms with E-state index in [2.05, 4.69) is 38.1 Å². The summed E-state index contributed by atoms with van der Waals surface area (Å²) in [5, 5.41) is 0. The average Bonchev–Trinajstić information content (AvgIpc) is 2.71. The molecule has 0 heteroatoms. The van der Waals surface area contributed by atoms with E-state index in [1.165, 1.54) is 69.8 Å². The third kappa shape index (κ3) is 6.14. The Hall–Kier alpha value is -0.780. The first-order chi connectivity index (χ1) is 12.7. The van der Waals surface area contributed by atoms with Crippen molar-refractivity contribution >= 4 is 0 Å². The zero-order chi connectivity index (χ0) is 18.2. The molecule has 0 aromatic heterocycles. The third-order valence-corrected chi connectivity index (χ3v) is 7.53. The van der Waals surface area contributed by atoms with Gasteiger partial charge in [-0.05, 0) is 61.8 Å². The minimum atomic E-state index is 0.856. The van der Waals surface area contributed by atoms with E-state index in [0.717, 1.165) is 23.7 Å². The quantitative estimate of drug-likeness (QED) is 0.500. The number of benzene rings is 1. The molecular formula is C26H42. The summed E-state index contributed by atoms with van der Waals surface area (Å²) in [7, 11) is 0. The number of hydrogen-bond acceptors (Lipinski definition) is 0. The highest BCUT2D eigenvalue weighted by atomic mass is 14.3. The monoisotopic (exact) mass is 354 g/mol. The van der Waals surface area contributed by atoms with Crippen LogP contribution in [0.3, 0.4) is 0 Å². The standard InChI is InChI=1S/C13H24.C13H18/c2*1-11-7-9-13(10-8-11)12-5-3-2-4-6-12/h11-13H,2-10H2,1H3;7-10,12H,2-6H2,1H3. The Morgan fingerprint density at radius 3 is 1.65 bits per heavy atom. The van der Waals surface area contributed by atoms with Gasteiger partial charge >= 0.3 is 0 Å². The highest BCUT2D eigenvalue weighted by Gasteiger charge is 2.26. The Morgan fingerprint density at radius 2 is 1.08 bits per heavy atom. The fourth-order valence-corrected chi connectivity index (χ4v) is 5.64. The summed E-state index contributed by atoms with van der Waals surface area (Å²) in [4.78, 5) is 0. The number of rotatable bonds is 2. The minimum absolute atomic E-state index is 0.856. The molecule has 3 aliphatic carbocycles. The van der Waals surface area contributed by atoms with E-state index in [4.69, 9.17) is 0 Å². The molecule has 1 aromatic carbocycles. The molecule has 3 aliphatic rings. The summed E-state index contributed by atoms with van der Waals surface area (Å²) in [5.41, 5.74) is 2.94. The van der Waals surface area contributed by atoms with Gasteiger partial charge in [0.25, 0.3) is 0 Å². The van der Waals surface area contributed by atoms with Crippen LogP contribution in [0.25, 0.3) is 0 Å². The van der Waals surface area contributed by atoms with Gasteiger partial charge < -0.3 is 0 Å². The normalized spacial score (nSPS) is 28.2. The van der Waals surface area contributed by atoms with E-state index in [1.807, 2.05) is 0 Å². The van der Waals surface area contributed by atoms with Gasteiger partial charge in [0.2, 0.25) is 0 Å². The Bertz CT molecular complexity index is 479. The molecule has 1 aromatic rings. The largest absolute Gasteiger partial charge is 0.0625 e. The van der Waals surface area contributed by atoms with Crippen molar-refractivity contribution in [2.45, 2.75) is 110 Å². The number of hydrogen-bond donors (Lipinski definition) is 0. The van der Waals surface area contributed by atoms with Crippen LogP contribution in [-0.2, 0) is 0 Å². The predicted molar refractivity (Wildman–Crippen MR) is 115 cm³/mol. The van der Waals surface area contributed by atoms with Crippen molar-refractivity contribution in [2.75, 3.05) is 0 Å². The molecule has 0 spiro atoms. The lowest BCUT2D eigenvalue weighted by Crippen LogP contribution is -2.22. The van der Waals surface area contributed by atoms with Crippen LogP contribution in [0, 0.1) is 24.7 Å². The fraction of sp³-hybridized carbons (Fsp3) is 0.769. The average molecular weight is 355 g/mol. The third-order valence-electron chi connectivity index (χ3n) is 7.53. The van der Waals surface area contributed by atoms with E-state index < -0.39 is 0 Å². The maximum atomic E-state index is 2.43. The summed E-state index contributed by atoms with van der Waals surface area (Å²) in [6, 6.07) is 9.10. The maximum Gasteiger partial charge on any atom is -0.0162 e. The molecule has 0 bridgehead atoms. The summed E-state index contributed by atoms with van der Waals surface area (Å²) < 4.78 is 0. The van der Waals surface area contributed by atoms with Crippen LogP contribution in [-0.4, -0.2) is 0 Å². The van der Waals surface area contributed by atoms with Crippen molar-refractivity contribution in [3.05, 3.63) is 35.4 Å².